The molecule has 2 amide bonds. The first kappa shape index (κ1) is 17.4. The molecular weight excluding hydrogens is 344 g/mol. The van der Waals surface area contributed by atoms with Gasteiger partial charge in [0.15, 0.2) is 0 Å². The minimum atomic E-state index is -0.704. The lowest BCUT2D eigenvalue weighted by Crippen LogP contribution is -2.39. The number of carbonyl (C=O) groups excluding carboxylic acids is 2. The Bertz CT molecular complexity index is 894. The summed E-state index contributed by atoms with van der Waals surface area (Å²) >= 11 is 0. The van der Waals surface area contributed by atoms with Crippen LogP contribution in [0.5, 0.6) is 11.5 Å². The summed E-state index contributed by atoms with van der Waals surface area (Å²) in [6.45, 7) is 3.41. The molecule has 2 heterocycles. The number of rotatable bonds is 4. The van der Waals surface area contributed by atoms with Gasteiger partial charge in [-0.2, -0.15) is 0 Å². The van der Waals surface area contributed by atoms with Gasteiger partial charge in [0.25, 0.3) is 5.91 Å². The second kappa shape index (κ2) is 6.61. The summed E-state index contributed by atoms with van der Waals surface area (Å²) in [6.07, 6.45) is 0.599. The molecule has 0 aliphatic carbocycles. The van der Waals surface area contributed by atoms with E-state index in [-0.39, 0.29) is 11.8 Å². The van der Waals surface area contributed by atoms with Gasteiger partial charge in [0.05, 0.1) is 19.1 Å². The molecule has 140 valence electrons. The average molecular weight is 366 g/mol. The molecule has 1 saturated heterocycles. The highest BCUT2D eigenvalue weighted by Crippen LogP contribution is 2.45. The lowest BCUT2D eigenvalue weighted by molar-refractivity contribution is -0.120. The van der Waals surface area contributed by atoms with Gasteiger partial charge in [-0.05, 0) is 61.4 Å². The molecule has 6 nitrogen and oxygen atoms in total. The third-order valence-corrected chi connectivity index (χ3v) is 5.39. The molecule has 0 unspecified atom stereocenters. The summed E-state index contributed by atoms with van der Waals surface area (Å²) in [5.41, 5.74) is 1.61. The number of fused-ring (bicyclic) bond motifs is 2. The van der Waals surface area contributed by atoms with Gasteiger partial charge in [-0.25, -0.2) is 0 Å². The average Bonchev–Trinajstić information content (AvgIpc) is 3.25. The Morgan fingerprint density at radius 3 is 2.63 bits per heavy atom. The van der Waals surface area contributed by atoms with Crippen molar-refractivity contribution >= 4 is 17.5 Å². The fourth-order valence-corrected chi connectivity index (χ4v) is 3.95. The molecule has 0 aromatic heterocycles. The Balaban J connectivity index is 1.58. The van der Waals surface area contributed by atoms with Crippen LogP contribution in [-0.4, -0.2) is 43.5 Å². The molecule has 2 aromatic carbocycles. The van der Waals surface area contributed by atoms with Crippen molar-refractivity contribution in [2.75, 3.05) is 32.1 Å². The van der Waals surface area contributed by atoms with E-state index >= 15 is 0 Å². The van der Waals surface area contributed by atoms with Crippen LogP contribution in [0.3, 0.4) is 0 Å². The zero-order valence-electron chi connectivity index (χ0n) is 15.5. The summed E-state index contributed by atoms with van der Waals surface area (Å²) in [4.78, 5) is 27.5. The van der Waals surface area contributed by atoms with Crippen LogP contribution in [0.4, 0.5) is 5.69 Å². The van der Waals surface area contributed by atoms with E-state index in [1.807, 2.05) is 25.1 Å². The number of nitrogens with one attached hydrogen (secondary N) is 1. The predicted octanol–water partition coefficient (Wildman–Crippen LogP) is 2.83. The molecule has 1 atom stereocenters. The first-order valence-corrected chi connectivity index (χ1v) is 9.09. The van der Waals surface area contributed by atoms with Crippen molar-refractivity contribution in [2.45, 2.75) is 18.8 Å². The summed E-state index contributed by atoms with van der Waals surface area (Å²) in [6, 6.07) is 12.7. The van der Waals surface area contributed by atoms with Crippen molar-refractivity contribution in [3.05, 3.63) is 53.6 Å². The normalized spacial score (nSPS) is 20.5. The SMILES string of the molecule is CCOc1ccc(C(=O)N2CC[C@]3(C2)C(=O)Nc2ccc(OC)cc23)cc1. The number of nitrogens with zero attached hydrogens (tertiary/aromatic N) is 1. The third-order valence-electron chi connectivity index (χ3n) is 5.39. The zero-order valence-corrected chi connectivity index (χ0v) is 15.5. The number of likely N-dealkylation sites (tertiary alicyclic amines) is 1. The second-order valence-corrected chi connectivity index (χ2v) is 6.88. The maximum atomic E-state index is 12.9. The second-order valence-electron chi connectivity index (χ2n) is 6.88. The highest BCUT2D eigenvalue weighted by molar-refractivity contribution is 6.07. The van der Waals surface area contributed by atoms with Crippen LogP contribution >= 0.6 is 0 Å². The van der Waals surface area contributed by atoms with Crippen molar-refractivity contribution in [2.24, 2.45) is 0 Å². The lowest BCUT2D eigenvalue weighted by atomic mass is 9.81. The monoisotopic (exact) mass is 366 g/mol. The first-order chi connectivity index (χ1) is 13.1. The van der Waals surface area contributed by atoms with E-state index in [2.05, 4.69) is 5.32 Å². The van der Waals surface area contributed by atoms with E-state index in [1.54, 1.807) is 36.3 Å². The minimum Gasteiger partial charge on any atom is -0.497 e. The number of methoxy groups -OCH3 is 1. The maximum Gasteiger partial charge on any atom is 0.253 e. The molecule has 4 rings (SSSR count). The smallest absolute Gasteiger partial charge is 0.253 e. The molecule has 2 aromatic rings. The molecule has 0 bridgehead atoms. The van der Waals surface area contributed by atoms with Crippen LogP contribution < -0.4 is 14.8 Å². The summed E-state index contributed by atoms with van der Waals surface area (Å²) in [5.74, 6) is 1.33. The molecular formula is C21H22N2O4. The van der Waals surface area contributed by atoms with Crippen LogP contribution in [0, 0.1) is 0 Å². The molecule has 27 heavy (non-hydrogen) atoms. The van der Waals surface area contributed by atoms with Crippen LogP contribution in [0.2, 0.25) is 0 Å². The van der Waals surface area contributed by atoms with Gasteiger partial charge in [-0.3, -0.25) is 9.59 Å². The van der Waals surface area contributed by atoms with E-state index < -0.39 is 5.41 Å². The van der Waals surface area contributed by atoms with E-state index in [0.717, 1.165) is 17.0 Å². The Morgan fingerprint density at radius 2 is 1.93 bits per heavy atom. The Hall–Kier alpha value is -3.02. The maximum absolute atomic E-state index is 12.9. The van der Waals surface area contributed by atoms with Crippen LogP contribution in [-0.2, 0) is 10.2 Å². The van der Waals surface area contributed by atoms with Crippen molar-refractivity contribution in [1.29, 1.82) is 0 Å². The first-order valence-electron chi connectivity index (χ1n) is 9.09. The molecule has 2 aliphatic heterocycles. The van der Waals surface area contributed by atoms with E-state index in [4.69, 9.17) is 9.47 Å². The number of ether oxygens (including phenoxy) is 2. The number of carbonyl (C=O) groups is 2. The van der Waals surface area contributed by atoms with Gasteiger partial charge in [-0.1, -0.05) is 0 Å². The van der Waals surface area contributed by atoms with E-state index in [9.17, 15) is 9.59 Å². The van der Waals surface area contributed by atoms with Crippen molar-refractivity contribution in [3.63, 3.8) is 0 Å². The molecule has 1 spiro atoms. The number of hydrogen-bond acceptors (Lipinski definition) is 4. The zero-order chi connectivity index (χ0) is 19.0. The van der Waals surface area contributed by atoms with Gasteiger partial charge in [0.1, 0.15) is 11.5 Å². The van der Waals surface area contributed by atoms with Crippen LogP contribution in [0.15, 0.2) is 42.5 Å². The van der Waals surface area contributed by atoms with E-state index in [1.165, 1.54) is 0 Å². The molecule has 1 N–H and O–H groups in total. The highest BCUT2D eigenvalue weighted by atomic mass is 16.5. The van der Waals surface area contributed by atoms with Gasteiger partial charge in [0, 0.05) is 24.3 Å². The number of hydrogen-bond donors (Lipinski definition) is 1. The Morgan fingerprint density at radius 1 is 1.19 bits per heavy atom. The van der Waals surface area contributed by atoms with Gasteiger partial charge >= 0.3 is 0 Å². The number of anilines is 1. The van der Waals surface area contributed by atoms with Crippen molar-refractivity contribution in [1.82, 2.24) is 4.90 Å². The number of amides is 2. The standard InChI is InChI=1S/C21H22N2O4/c1-3-27-15-6-4-14(5-7-15)19(24)23-11-10-21(13-23)17-12-16(26-2)8-9-18(17)22-20(21)25/h4-9,12H,3,10-11,13H2,1-2H3,(H,22,25)/t21-/m1/s1. The van der Waals surface area contributed by atoms with Crippen LogP contribution in [0.25, 0.3) is 0 Å². The number of benzene rings is 2. The van der Waals surface area contributed by atoms with Crippen molar-refractivity contribution in [3.8, 4) is 11.5 Å². The molecule has 1 fully saturated rings. The topological polar surface area (TPSA) is 67.9 Å². The predicted molar refractivity (Wildman–Crippen MR) is 101 cm³/mol. The minimum absolute atomic E-state index is 0.0484. The molecule has 2 aliphatic rings. The molecule has 0 saturated carbocycles. The summed E-state index contributed by atoms with van der Waals surface area (Å²) in [5, 5.41) is 2.95. The van der Waals surface area contributed by atoms with Crippen LogP contribution in [0.1, 0.15) is 29.3 Å². The summed E-state index contributed by atoms with van der Waals surface area (Å²) < 4.78 is 10.7. The largest absolute Gasteiger partial charge is 0.497 e. The van der Waals surface area contributed by atoms with Gasteiger partial charge in [0.2, 0.25) is 5.91 Å². The highest BCUT2D eigenvalue weighted by Gasteiger charge is 2.52. The summed E-state index contributed by atoms with van der Waals surface area (Å²) in [7, 11) is 1.61. The van der Waals surface area contributed by atoms with Crippen molar-refractivity contribution < 1.29 is 19.1 Å². The fourth-order valence-electron chi connectivity index (χ4n) is 3.95. The van der Waals surface area contributed by atoms with E-state index in [0.29, 0.717) is 37.4 Å². The molecule has 6 heteroatoms. The lowest BCUT2D eigenvalue weighted by Gasteiger charge is -2.23. The Kier molecular flexibility index (Phi) is 4.26. The fraction of sp³-hybridized carbons (Fsp3) is 0.333. The molecule has 0 radical (unpaired) electrons. The van der Waals surface area contributed by atoms with Gasteiger partial charge < -0.3 is 19.7 Å². The quantitative estimate of drug-likeness (QED) is 0.904. The Labute approximate surface area is 158 Å². The third kappa shape index (κ3) is 2.81. The van der Waals surface area contributed by atoms with Gasteiger partial charge in [-0.15, -0.1) is 0 Å².